The Morgan fingerprint density at radius 2 is 1.15 bits per heavy atom. The van der Waals surface area contributed by atoms with Crippen LogP contribution in [0.15, 0.2) is 0 Å². The fraction of sp³-hybridized carbons (Fsp3) is 0.875. The third-order valence-corrected chi connectivity index (χ3v) is 3.64. The molecule has 0 spiro atoms. The van der Waals surface area contributed by atoms with Gasteiger partial charge in [0.2, 0.25) is 5.78 Å². The lowest BCUT2D eigenvalue weighted by molar-refractivity contribution is -0.138. The molecule has 0 atom stereocenters. The van der Waals surface area contributed by atoms with Crippen molar-refractivity contribution >= 4 is 11.7 Å². The first-order valence-corrected chi connectivity index (χ1v) is 8.26. The third kappa shape index (κ3) is 12.2. The first-order valence-electron chi connectivity index (χ1n) is 8.26. The molecule has 0 aromatic carbocycles. The fourth-order valence-electron chi connectivity index (χ4n) is 2.32. The molecule has 4 heteroatoms. The largest absolute Gasteiger partial charge is 0.301 e. The number of hydrazine groups is 1. The van der Waals surface area contributed by atoms with Gasteiger partial charge in [-0.25, -0.2) is 5.84 Å². The lowest BCUT2D eigenvalue weighted by atomic mass is 10.0. The number of Topliss-reactive ketones (excluding diaryl/α,β-unsaturated/α-hetero) is 1. The van der Waals surface area contributed by atoms with E-state index in [1.807, 2.05) is 5.43 Å². The number of nitrogens with two attached hydrogens (primary N) is 1. The maximum absolute atomic E-state index is 11.2. The Kier molecular flexibility index (Phi) is 13.9. The van der Waals surface area contributed by atoms with Crippen LogP contribution >= 0.6 is 0 Å². The van der Waals surface area contributed by atoms with Crippen LogP contribution in [0.3, 0.4) is 0 Å². The fourth-order valence-corrected chi connectivity index (χ4v) is 2.32. The Bertz CT molecular complexity index is 255. The van der Waals surface area contributed by atoms with Gasteiger partial charge in [-0.1, -0.05) is 77.6 Å². The highest BCUT2D eigenvalue weighted by Gasteiger charge is 2.10. The van der Waals surface area contributed by atoms with Crippen LogP contribution in [0, 0.1) is 0 Å². The summed E-state index contributed by atoms with van der Waals surface area (Å²) in [5.41, 5.74) is 1.87. The molecule has 20 heavy (non-hydrogen) atoms. The number of carbonyl (C=O) groups excluding carboxylic acids is 2. The zero-order valence-corrected chi connectivity index (χ0v) is 13.1. The monoisotopic (exact) mass is 284 g/mol. The molecule has 0 heterocycles. The minimum absolute atomic E-state index is 0.320. The van der Waals surface area contributed by atoms with Crippen LogP contribution in [0.5, 0.6) is 0 Å². The highest BCUT2D eigenvalue weighted by atomic mass is 16.2. The van der Waals surface area contributed by atoms with Crippen LogP contribution in [-0.4, -0.2) is 11.7 Å². The van der Waals surface area contributed by atoms with Crippen LogP contribution in [-0.2, 0) is 9.59 Å². The Balaban J connectivity index is 3.13. The van der Waals surface area contributed by atoms with Gasteiger partial charge in [-0.15, -0.1) is 0 Å². The molecule has 0 fully saturated rings. The van der Waals surface area contributed by atoms with Gasteiger partial charge in [0.1, 0.15) is 0 Å². The van der Waals surface area contributed by atoms with Gasteiger partial charge in [0, 0.05) is 6.42 Å². The maximum Gasteiger partial charge on any atom is 0.301 e. The Labute approximate surface area is 123 Å². The quantitative estimate of drug-likeness (QED) is 0.168. The molecule has 118 valence electrons. The summed E-state index contributed by atoms with van der Waals surface area (Å²) in [4.78, 5) is 22.0. The van der Waals surface area contributed by atoms with Crippen LogP contribution in [0.1, 0.15) is 90.4 Å². The summed E-state index contributed by atoms with van der Waals surface area (Å²) >= 11 is 0. The van der Waals surface area contributed by atoms with Crippen LogP contribution < -0.4 is 11.3 Å². The van der Waals surface area contributed by atoms with Crippen molar-refractivity contribution in [3.05, 3.63) is 0 Å². The SMILES string of the molecule is CCCCCCCCCCCCCCC(=O)C(=O)NN. The summed E-state index contributed by atoms with van der Waals surface area (Å²) in [5.74, 6) is 3.81. The van der Waals surface area contributed by atoms with Gasteiger partial charge in [0.15, 0.2) is 0 Å². The second kappa shape index (κ2) is 14.5. The Morgan fingerprint density at radius 3 is 1.55 bits per heavy atom. The van der Waals surface area contributed by atoms with E-state index in [9.17, 15) is 9.59 Å². The van der Waals surface area contributed by atoms with Crippen LogP contribution in [0.2, 0.25) is 0 Å². The molecular formula is C16H32N2O2. The normalized spacial score (nSPS) is 10.5. The third-order valence-electron chi connectivity index (χ3n) is 3.64. The molecule has 4 nitrogen and oxygen atoms in total. The van der Waals surface area contributed by atoms with E-state index in [-0.39, 0.29) is 0 Å². The van der Waals surface area contributed by atoms with E-state index in [1.54, 1.807) is 0 Å². The smallest absolute Gasteiger partial charge is 0.289 e. The zero-order chi connectivity index (χ0) is 15.1. The minimum atomic E-state index is -0.673. The summed E-state index contributed by atoms with van der Waals surface area (Å²) < 4.78 is 0. The highest BCUT2D eigenvalue weighted by molar-refractivity contribution is 6.35. The van der Waals surface area contributed by atoms with E-state index in [2.05, 4.69) is 6.92 Å². The maximum atomic E-state index is 11.2. The number of hydrogen-bond acceptors (Lipinski definition) is 3. The van der Waals surface area contributed by atoms with Gasteiger partial charge in [0.05, 0.1) is 0 Å². The standard InChI is InChI=1S/C16H32N2O2/c1-2-3-4-5-6-7-8-9-10-11-12-13-14-15(19)16(20)18-17/h2-14,17H2,1H3,(H,18,20). The molecule has 0 bridgehead atoms. The van der Waals surface area contributed by atoms with Gasteiger partial charge in [-0.2, -0.15) is 0 Å². The Morgan fingerprint density at radius 1 is 0.750 bits per heavy atom. The molecule has 0 aromatic heterocycles. The van der Waals surface area contributed by atoms with Crippen molar-refractivity contribution in [2.45, 2.75) is 90.4 Å². The average Bonchev–Trinajstić information content (AvgIpc) is 2.47. The van der Waals surface area contributed by atoms with Crippen molar-refractivity contribution in [2.75, 3.05) is 0 Å². The van der Waals surface area contributed by atoms with Gasteiger partial charge in [0.25, 0.3) is 0 Å². The van der Waals surface area contributed by atoms with E-state index < -0.39 is 11.7 Å². The highest BCUT2D eigenvalue weighted by Crippen LogP contribution is 2.12. The number of carbonyl (C=O) groups is 2. The molecule has 0 aromatic rings. The summed E-state index contributed by atoms with van der Waals surface area (Å²) in [6.45, 7) is 2.25. The first-order chi connectivity index (χ1) is 9.72. The number of ketones is 1. The van der Waals surface area contributed by atoms with E-state index in [0.29, 0.717) is 6.42 Å². The lowest BCUT2D eigenvalue weighted by Crippen LogP contribution is -2.36. The van der Waals surface area contributed by atoms with Crippen molar-refractivity contribution in [3.8, 4) is 0 Å². The number of amides is 1. The predicted molar refractivity (Wildman–Crippen MR) is 83.0 cm³/mol. The first kappa shape index (κ1) is 19.1. The van der Waals surface area contributed by atoms with Crippen LogP contribution in [0.4, 0.5) is 0 Å². The molecule has 0 aliphatic rings. The Hall–Kier alpha value is -0.900. The van der Waals surface area contributed by atoms with Gasteiger partial charge in [-0.05, 0) is 6.42 Å². The number of nitrogens with one attached hydrogen (secondary N) is 1. The molecule has 0 saturated carbocycles. The molecule has 0 unspecified atom stereocenters. The minimum Gasteiger partial charge on any atom is -0.289 e. The topological polar surface area (TPSA) is 72.2 Å². The molecule has 0 saturated heterocycles. The van der Waals surface area contributed by atoms with Crippen molar-refractivity contribution < 1.29 is 9.59 Å². The summed E-state index contributed by atoms with van der Waals surface area (Å²) in [7, 11) is 0. The molecule has 0 aliphatic heterocycles. The van der Waals surface area contributed by atoms with Crippen molar-refractivity contribution in [2.24, 2.45) is 5.84 Å². The van der Waals surface area contributed by atoms with Crippen molar-refractivity contribution in [1.82, 2.24) is 5.43 Å². The van der Waals surface area contributed by atoms with Gasteiger partial charge in [-0.3, -0.25) is 15.0 Å². The molecule has 0 radical (unpaired) electrons. The predicted octanol–water partition coefficient (Wildman–Crippen LogP) is 3.64. The molecule has 1 amide bonds. The molecule has 0 aliphatic carbocycles. The van der Waals surface area contributed by atoms with Crippen LogP contribution in [0.25, 0.3) is 0 Å². The van der Waals surface area contributed by atoms with E-state index in [0.717, 1.165) is 19.3 Å². The van der Waals surface area contributed by atoms with E-state index in [1.165, 1.54) is 57.8 Å². The lowest BCUT2D eigenvalue weighted by Gasteiger charge is -2.02. The van der Waals surface area contributed by atoms with Crippen molar-refractivity contribution in [1.29, 1.82) is 0 Å². The zero-order valence-electron chi connectivity index (χ0n) is 13.1. The second-order valence-corrected chi connectivity index (χ2v) is 5.54. The molecule has 0 rings (SSSR count). The summed E-state index contributed by atoms with van der Waals surface area (Å²) in [6.07, 6.45) is 15.4. The van der Waals surface area contributed by atoms with Gasteiger partial charge >= 0.3 is 5.91 Å². The average molecular weight is 284 g/mol. The summed E-state index contributed by atoms with van der Waals surface area (Å²) in [5, 5.41) is 0. The van der Waals surface area contributed by atoms with E-state index in [4.69, 9.17) is 5.84 Å². The molecule has 3 N–H and O–H groups in total. The number of unbranched alkanes of at least 4 members (excludes halogenated alkanes) is 11. The number of hydrogen-bond donors (Lipinski definition) is 2. The van der Waals surface area contributed by atoms with Gasteiger partial charge < -0.3 is 0 Å². The second-order valence-electron chi connectivity index (χ2n) is 5.54. The number of rotatable bonds is 14. The van der Waals surface area contributed by atoms with E-state index >= 15 is 0 Å². The summed E-state index contributed by atoms with van der Waals surface area (Å²) in [6, 6.07) is 0. The molecular weight excluding hydrogens is 252 g/mol. The van der Waals surface area contributed by atoms with Crippen molar-refractivity contribution in [3.63, 3.8) is 0 Å².